The summed E-state index contributed by atoms with van der Waals surface area (Å²) in [5.41, 5.74) is 2.13. The van der Waals surface area contributed by atoms with Crippen molar-refractivity contribution in [2.24, 2.45) is 0 Å². The Bertz CT molecular complexity index is 1970. The van der Waals surface area contributed by atoms with E-state index in [0.717, 1.165) is 20.5 Å². The highest BCUT2D eigenvalue weighted by molar-refractivity contribution is 7.99. The van der Waals surface area contributed by atoms with Crippen LogP contribution >= 0.6 is 11.5 Å². The summed E-state index contributed by atoms with van der Waals surface area (Å²) in [6.45, 7) is 8.36. The van der Waals surface area contributed by atoms with Crippen LogP contribution in [0.1, 0.15) is 65.0 Å². The van der Waals surface area contributed by atoms with Crippen LogP contribution in [0.5, 0.6) is 5.75 Å². The molecule has 0 radical (unpaired) electrons. The third-order valence-corrected chi connectivity index (χ3v) is 11.9. The van der Waals surface area contributed by atoms with Crippen molar-refractivity contribution in [2.75, 3.05) is 18.5 Å². The molecule has 6 rings (SSSR count). The number of ether oxygens (including phenoxy) is 1. The second kappa shape index (κ2) is 16.2. The highest BCUT2D eigenvalue weighted by atomic mass is 32.2. The number of aromatic nitrogens is 1. The van der Waals surface area contributed by atoms with Gasteiger partial charge in [-0.25, -0.2) is 21.5 Å². The van der Waals surface area contributed by atoms with Crippen LogP contribution in [0.2, 0.25) is 0 Å². The minimum Gasteiger partial charge on any atom is -0.492 e. The SMILES string of the molecule is CC(C)N1C(=O)C(NC2CCC(F)(F)CC2)=C(c2ccccc2)S1(=O)=O.CC(C)n1sc(-c2ccccc2)c(NCCOc2ccccc2)c1=O. The Hall–Kier alpha value is -4.49. The number of carbonyl (C=O) groups is 1. The minimum absolute atomic E-state index is 0.0138. The quantitative estimate of drug-likeness (QED) is 0.152. The summed E-state index contributed by atoms with van der Waals surface area (Å²) in [5, 5.41) is 6.25. The number of amides is 1. The van der Waals surface area contributed by atoms with Crippen molar-refractivity contribution in [3.63, 3.8) is 0 Å². The van der Waals surface area contributed by atoms with E-state index in [9.17, 15) is 26.8 Å². The third kappa shape index (κ3) is 8.88. The molecule has 0 saturated heterocycles. The number of rotatable bonds is 11. The smallest absolute Gasteiger partial charge is 0.285 e. The zero-order chi connectivity index (χ0) is 36.8. The van der Waals surface area contributed by atoms with Gasteiger partial charge in [0.25, 0.3) is 21.5 Å². The Morgan fingerprint density at radius 2 is 1.39 bits per heavy atom. The Morgan fingerprint density at radius 3 is 1.94 bits per heavy atom. The van der Waals surface area contributed by atoms with Crippen molar-refractivity contribution >= 4 is 38.1 Å². The van der Waals surface area contributed by atoms with Crippen LogP contribution in [-0.4, -0.2) is 53.7 Å². The zero-order valence-electron chi connectivity index (χ0n) is 29.1. The molecule has 0 unspecified atom stereocenters. The van der Waals surface area contributed by atoms with Gasteiger partial charge in [0.05, 0.1) is 4.88 Å². The molecule has 3 aromatic carbocycles. The lowest BCUT2D eigenvalue weighted by atomic mass is 9.92. The molecule has 0 atom stereocenters. The predicted octanol–water partition coefficient (Wildman–Crippen LogP) is 7.75. The molecule has 1 saturated carbocycles. The average Bonchev–Trinajstić information content (AvgIpc) is 3.54. The van der Waals surface area contributed by atoms with Gasteiger partial charge < -0.3 is 15.4 Å². The van der Waals surface area contributed by atoms with Gasteiger partial charge in [-0.2, -0.15) is 0 Å². The van der Waals surface area contributed by atoms with E-state index in [2.05, 4.69) is 10.6 Å². The molecule has 0 spiro atoms. The molecule has 2 aliphatic rings. The topological polar surface area (TPSA) is 110 Å². The number of carbonyl (C=O) groups excluding carboxylic acids is 1. The number of nitrogens with zero attached hydrogens (tertiary/aromatic N) is 2. The summed E-state index contributed by atoms with van der Waals surface area (Å²) >= 11 is 1.50. The van der Waals surface area contributed by atoms with Crippen molar-refractivity contribution < 1.29 is 26.7 Å². The summed E-state index contributed by atoms with van der Waals surface area (Å²) in [7, 11) is -4.00. The van der Waals surface area contributed by atoms with Crippen molar-refractivity contribution in [1.82, 2.24) is 13.6 Å². The van der Waals surface area contributed by atoms with Crippen LogP contribution in [0.3, 0.4) is 0 Å². The van der Waals surface area contributed by atoms with Gasteiger partial charge in [0, 0.05) is 37.5 Å². The fourth-order valence-electron chi connectivity index (χ4n) is 5.99. The molecule has 0 bridgehead atoms. The largest absolute Gasteiger partial charge is 0.492 e. The number of halogens is 2. The maximum Gasteiger partial charge on any atom is 0.285 e. The van der Waals surface area contributed by atoms with Crippen LogP contribution in [0, 0.1) is 0 Å². The molecule has 51 heavy (non-hydrogen) atoms. The molecule has 2 heterocycles. The summed E-state index contributed by atoms with van der Waals surface area (Å²) in [4.78, 5) is 26.5. The van der Waals surface area contributed by atoms with Gasteiger partial charge in [0.2, 0.25) is 5.92 Å². The van der Waals surface area contributed by atoms with E-state index in [0.29, 0.717) is 24.4 Å². The van der Waals surface area contributed by atoms with Crippen molar-refractivity contribution in [1.29, 1.82) is 0 Å². The number of hydrogen-bond donors (Lipinski definition) is 2. The molecule has 13 heteroatoms. The Kier molecular flexibility index (Phi) is 12.0. The molecule has 1 aromatic heterocycles. The van der Waals surface area contributed by atoms with Gasteiger partial charge in [-0.1, -0.05) is 90.4 Å². The van der Waals surface area contributed by atoms with Crippen LogP contribution in [0.4, 0.5) is 14.5 Å². The lowest BCUT2D eigenvalue weighted by Gasteiger charge is -2.29. The maximum absolute atomic E-state index is 13.4. The first-order valence-corrected chi connectivity index (χ1v) is 19.3. The zero-order valence-corrected chi connectivity index (χ0v) is 30.8. The van der Waals surface area contributed by atoms with Gasteiger partial charge in [0.1, 0.15) is 28.6 Å². The van der Waals surface area contributed by atoms with E-state index >= 15 is 0 Å². The van der Waals surface area contributed by atoms with Gasteiger partial charge in [-0.15, -0.1) is 0 Å². The first kappa shape index (κ1) is 37.8. The monoisotopic (exact) mass is 738 g/mol. The predicted molar refractivity (Wildman–Crippen MR) is 199 cm³/mol. The molecular formula is C38H44F2N4O5S2. The fourth-order valence-corrected chi connectivity index (χ4v) is 8.96. The molecule has 272 valence electrons. The van der Waals surface area contributed by atoms with E-state index in [4.69, 9.17) is 4.74 Å². The number of hydrogen-bond acceptors (Lipinski definition) is 8. The maximum atomic E-state index is 13.4. The number of nitrogens with one attached hydrogen (secondary N) is 2. The average molecular weight is 739 g/mol. The Labute approximate surface area is 302 Å². The number of alkyl halides is 2. The number of benzene rings is 3. The van der Waals surface area contributed by atoms with E-state index in [-0.39, 0.29) is 53.9 Å². The summed E-state index contributed by atoms with van der Waals surface area (Å²) in [6, 6.07) is 27.3. The van der Waals surface area contributed by atoms with Gasteiger partial charge in [0.15, 0.2) is 0 Å². The molecule has 1 aliphatic carbocycles. The van der Waals surface area contributed by atoms with Crippen molar-refractivity contribution in [3.05, 3.63) is 113 Å². The third-order valence-electron chi connectivity index (χ3n) is 8.48. The lowest BCUT2D eigenvalue weighted by molar-refractivity contribution is -0.123. The van der Waals surface area contributed by atoms with Gasteiger partial charge >= 0.3 is 0 Å². The second-order valence-corrected chi connectivity index (χ2v) is 15.8. The lowest BCUT2D eigenvalue weighted by Crippen LogP contribution is -2.42. The highest BCUT2D eigenvalue weighted by Crippen LogP contribution is 2.38. The van der Waals surface area contributed by atoms with Crippen LogP contribution in [-0.2, 0) is 14.8 Å². The van der Waals surface area contributed by atoms with E-state index in [1.165, 1.54) is 11.5 Å². The van der Waals surface area contributed by atoms with Gasteiger partial charge in [-0.3, -0.25) is 13.5 Å². The van der Waals surface area contributed by atoms with Crippen LogP contribution in [0.25, 0.3) is 15.3 Å². The molecule has 9 nitrogen and oxygen atoms in total. The first-order chi connectivity index (χ1) is 24.3. The number of sulfonamides is 1. The summed E-state index contributed by atoms with van der Waals surface area (Å²) in [5.74, 6) is -2.49. The standard InChI is InChI=1S/C20H22N2O2S.C18H22F2N2O3S/c1-15(2)22-20(23)18(19(25-22)16-9-5-3-6-10-16)21-13-14-24-17-11-7-4-8-12-17;1-12(2)22-17(23)15(21-14-8-10-18(19,20)11-9-14)16(26(22,24)25)13-6-4-3-5-7-13/h3-12,15,21H,13-14H2,1-2H3;3-7,12,14,21H,8-11H2,1-2H3. The molecule has 1 amide bonds. The summed E-state index contributed by atoms with van der Waals surface area (Å²) < 4.78 is 61.1. The van der Waals surface area contributed by atoms with Gasteiger partial charge in [-0.05, 0) is 63.8 Å². The molecular weight excluding hydrogens is 695 g/mol. The summed E-state index contributed by atoms with van der Waals surface area (Å²) in [6.07, 6.45) is -0.165. The minimum atomic E-state index is -4.00. The molecule has 2 N–H and O–H groups in total. The normalized spacial score (nSPS) is 17.0. The Balaban J connectivity index is 0.000000198. The first-order valence-electron chi connectivity index (χ1n) is 17.1. The molecule has 1 fully saturated rings. The molecule has 4 aromatic rings. The number of para-hydroxylation sites is 1. The van der Waals surface area contributed by atoms with Crippen molar-refractivity contribution in [3.8, 4) is 16.2 Å². The number of anilines is 1. The Morgan fingerprint density at radius 1 is 0.843 bits per heavy atom. The van der Waals surface area contributed by atoms with E-state index < -0.39 is 27.9 Å². The van der Waals surface area contributed by atoms with Crippen LogP contribution < -0.4 is 20.9 Å². The van der Waals surface area contributed by atoms with E-state index in [1.807, 2.05) is 78.5 Å². The highest BCUT2D eigenvalue weighted by Gasteiger charge is 2.47. The molecule has 1 aliphatic heterocycles. The van der Waals surface area contributed by atoms with Crippen molar-refractivity contribution in [2.45, 2.75) is 77.4 Å². The van der Waals surface area contributed by atoms with E-state index in [1.54, 1.807) is 44.2 Å². The van der Waals surface area contributed by atoms with Crippen LogP contribution in [0.15, 0.2) is 101 Å². The second-order valence-electron chi connectivity index (χ2n) is 13.0. The fraction of sp³-hybridized carbons (Fsp3) is 0.368.